The zero-order chi connectivity index (χ0) is 24.4. The summed E-state index contributed by atoms with van der Waals surface area (Å²) < 4.78 is 0. The third-order valence-electron chi connectivity index (χ3n) is 5.69. The highest BCUT2D eigenvalue weighted by Crippen LogP contribution is 2.20. The molecule has 0 radical (unpaired) electrons. The number of nitrogens with zero attached hydrogens (tertiary/aromatic N) is 2. The van der Waals surface area contributed by atoms with Crippen molar-refractivity contribution in [1.82, 2.24) is 15.5 Å². The number of guanidine groups is 1. The molecule has 9 N–H and O–H groups in total. The van der Waals surface area contributed by atoms with Gasteiger partial charge in [0.2, 0.25) is 17.7 Å². The number of amides is 3. The van der Waals surface area contributed by atoms with Gasteiger partial charge in [0.15, 0.2) is 5.96 Å². The van der Waals surface area contributed by atoms with Crippen molar-refractivity contribution in [2.45, 2.75) is 77.0 Å². The van der Waals surface area contributed by atoms with Gasteiger partial charge in [-0.05, 0) is 38.5 Å². The van der Waals surface area contributed by atoms with Crippen LogP contribution in [0.1, 0.15) is 52.9 Å². The molecule has 1 heterocycles. The van der Waals surface area contributed by atoms with Crippen LogP contribution in [0.4, 0.5) is 0 Å². The van der Waals surface area contributed by atoms with Gasteiger partial charge in [0.25, 0.3) is 0 Å². The van der Waals surface area contributed by atoms with Gasteiger partial charge in [0.1, 0.15) is 18.1 Å². The molecule has 1 saturated heterocycles. The Morgan fingerprint density at radius 1 is 1.19 bits per heavy atom. The van der Waals surface area contributed by atoms with Crippen LogP contribution in [0, 0.1) is 5.92 Å². The van der Waals surface area contributed by atoms with E-state index in [1.165, 1.54) is 11.8 Å². The summed E-state index contributed by atoms with van der Waals surface area (Å²) in [6.07, 6.45) is 2.35. The molecule has 1 rings (SSSR count). The Morgan fingerprint density at radius 2 is 1.84 bits per heavy atom. The summed E-state index contributed by atoms with van der Waals surface area (Å²) in [7, 11) is 0. The number of hydrogen-bond acceptors (Lipinski definition) is 6. The monoisotopic (exact) mass is 455 g/mol. The van der Waals surface area contributed by atoms with Crippen molar-refractivity contribution in [3.05, 3.63) is 0 Å². The zero-order valence-corrected chi connectivity index (χ0v) is 19.0. The number of aliphatic carboxylic acids is 1. The number of carbonyl (C=O) groups is 4. The fourth-order valence-corrected chi connectivity index (χ4v) is 3.42. The third kappa shape index (κ3) is 7.98. The van der Waals surface area contributed by atoms with Gasteiger partial charge >= 0.3 is 5.97 Å². The van der Waals surface area contributed by atoms with E-state index < -0.39 is 42.0 Å². The van der Waals surface area contributed by atoms with Crippen LogP contribution in [0.3, 0.4) is 0 Å². The predicted molar refractivity (Wildman–Crippen MR) is 119 cm³/mol. The largest absolute Gasteiger partial charge is 0.480 e. The maximum Gasteiger partial charge on any atom is 0.326 e. The van der Waals surface area contributed by atoms with Crippen molar-refractivity contribution < 1.29 is 24.3 Å². The topological polar surface area (TPSA) is 206 Å². The first kappa shape index (κ1) is 27.1. The second-order valence-electron chi connectivity index (χ2n) is 8.18. The van der Waals surface area contributed by atoms with E-state index in [1.54, 1.807) is 0 Å². The van der Waals surface area contributed by atoms with E-state index in [9.17, 15) is 24.3 Å². The fraction of sp³-hybridized carbons (Fsp3) is 0.750. The van der Waals surface area contributed by atoms with E-state index >= 15 is 0 Å². The van der Waals surface area contributed by atoms with Crippen LogP contribution < -0.4 is 27.8 Å². The molecule has 5 atom stereocenters. The van der Waals surface area contributed by atoms with Crippen molar-refractivity contribution in [2.75, 3.05) is 13.1 Å². The first-order valence-electron chi connectivity index (χ1n) is 10.9. The maximum absolute atomic E-state index is 12.8. The second kappa shape index (κ2) is 12.8. The molecule has 1 aliphatic rings. The molecule has 32 heavy (non-hydrogen) atoms. The number of nitrogens with two attached hydrogens (primary N) is 3. The van der Waals surface area contributed by atoms with Crippen molar-refractivity contribution in [3.63, 3.8) is 0 Å². The lowest BCUT2D eigenvalue weighted by atomic mass is 9.98. The summed E-state index contributed by atoms with van der Waals surface area (Å²) in [5, 5.41) is 14.3. The molecule has 3 amide bonds. The van der Waals surface area contributed by atoms with Gasteiger partial charge in [-0.25, -0.2) is 4.79 Å². The SMILES string of the molecule is CC[C@H](C)[C@H](N)C(=O)N1CCC[C@H]1C(=O)N[C@@H](C)C(=O)N[C@@H](CCCN=C(N)N)C(=O)O. The van der Waals surface area contributed by atoms with Crippen molar-refractivity contribution in [1.29, 1.82) is 0 Å². The molecule has 0 aromatic heterocycles. The minimum absolute atomic E-state index is 0.0172. The maximum atomic E-state index is 12.8. The average Bonchev–Trinajstić information content (AvgIpc) is 3.23. The van der Waals surface area contributed by atoms with Crippen molar-refractivity contribution in [3.8, 4) is 0 Å². The molecule has 0 unspecified atom stereocenters. The van der Waals surface area contributed by atoms with E-state index in [4.69, 9.17) is 17.2 Å². The summed E-state index contributed by atoms with van der Waals surface area (Å²) in [6, 6.07) is -3.52. The number of rotatable bonds is 12. The van der Waals surface area contributed by atoms with E-state index in [2.05, 4.69) is 15.6 Å². The molecule has 0 spiro atoms. The summed E-state index contributed by atoms with van der Waals surface area (Å²) in [5.41, 5.74) is 16.5. The predicted octanol–water partition coefficient (Wildman–Crippen LogP) is -1.52. The highest BCUT2D eigenvalue weighted by molar-refractivity contribution is 5.94. The molecule has 1 fully saturated rings. The smallest absolute Gasteiger partial charge is 0.326 e. The molecule has 12 nitrogen and oxygen atoms in total. The van der Waals surface area contributed by atoms with Crippen LogP contribution in [-0.4, -0.2) is 76.9 Å². The van der Waals surface area contributed by atoms with Gasteiger partial charge in [-0.15, -0.1) is 0 Å². The first-order valence-corrected chi connectivity index (χ1v) is 10.9. The number of carboxylic acids is 1. The number of likely N-dealkylation sites (tertiary alicyclic amines) is 1. The lowest BCUT2D eigenvalue weighted by Crippen LogP contribution is -2.56. The van der Waals surface area contributed by atoms with Gasteiger partial charge in [0, 0.05) is 13.1 Å². The van der Waals surface area contributed by atoms with Gasteiger partial charge in [-0.1, -0.05) is 20.3 Å². The fourth-order valence-electron chi connectivity index (χ4n) is 3.42. The third-order valence-corrected chi connectivity index (χ3v) is 5.69. The van der Waals surface area contributed by atoms with Crippen LogP contribution in [0.2, 0.25) is 0 Å². The standard InChI is InChI=1S/C20H37N7O5/c1-4-11(2)15(21)18(30)27-10-6-8-14(27)17(29)25-12(3)16(28)26-13(19(31)32)7-5-9-24-20(22)23/h11-15H,4-10,21H2,1-3H3,(H,25,29)(H,26,28)(H,31,32)(H4,22,23,24)/t11-,12-,13-,14-,15-/m0/s1. The van der Waals surface area contributed by atoms with E-state index in [-0.39, 0.29) is 30.8 Å². The number of hydrogen-bond donors (Lipinski definition) is 6. The Kier molecular flexibility index (Phi) is 10.9. The normalized spacial score (nSPS) is 19.4. The Bertz CT molecular complexity index is 710. The second-order valence-corrected chi connectivity index (χ2v) is 8.18. The number of aliphatic imine (C=N–C) groups is 1. The molecule has 0 aromatic rings. The van der Waals surface area contributed by atoms with Crippen LogP contribution in [0.5, 0.6) is 0 Å². The van der Waals surface area contributed by atoms with Crippen molar-refractivity contribution in [2.24, 2.45) is 28.1 Å². The molecule has 0 aliphatic carbocycles. The summed E-state index contributed by atoms with van der Waals surface area (Å²) >= 11 is 0. The molecular formula is C20H37N7O5. The van der Waals surface area contributed by atoms with Gasteiger partial charge in [0.05, 0.1) is 6.04 Å². The minimum Gasteiger partial charge on any atom is -0.480 e. The highest BCUT2D eigenvalue weighted by atomic mass is 16.4. The molecule has 12 heteroatoms. The molecule has 0 aromatic carbocycles. The molecular weight excluding hydrogens is 418 g/mol. The molecule has 1 aliphatic heterocycles. The van der Waals surface area contributed by atoms with Gasteiger partial charge in [-0.2, -0.15) is 0 Å². The molecule has 0 bridgehead atoms. The Labute approximate surface area is 188 Å². The summed E-state index contributed by atoms with van der Waals surface area (Å²) in [4.78, 5) is 54.6. The van der Waals surface area contributed by atoms with Gasteiger partial charge in [-0.3, -0.25) is 19.4 Å². The van der Waals surface area contributed by atoms with E-state index in [0.29, 0.717) is 25.8 Å². The highest BCUT2D eigenvalue weighted by Gasteiger charge is 2.38. The van der Waals surface area contributed by atoms with E-state index in [1.807, 2.05) is 13.8 Å². The van der Waals surface area contributed by atoms with E-state index in [0.717, 1.165) is 6.42 Å². The summed E-state index contributed by atoms with van der Waals surface area (Å²) in [6.45, 7) is 5.95. The Hall–Kier alpha value is -2.89. The number of carbonyl (C=O) groups excluding carboxylic acids is 3. The van der Waals surface area contributed by atoms with Crippen LogP contribution >= 0.6 is 0 Å². The van der Waals surface area contributed by atoms with Crippen LogP contribution in [-0.2, 0) is 19.2 Å². The quantitative estimate of drug-likeness (QED) is 0.115. The first-order chi connectivity index (χ1) is 15.0. The number of nitrogens with one attached hydrogen (secondary N) is 2. The van der Waals surface area contributed by atoms with Gasteiger partial charge < -0.3 is 37.8 Å². The Balaban J connectivity index is 2.66. The number of carboxylic acid groups (broad SMARTS) is 1. The molecule has 0 saturated carbocycles. The summed E-state index contributed by atoms with van der Waals surface area (Å²) in [5.74, 6) is -2.69. The van der Waals surface area contributed by atoms with Crippen molar-refractivity contribution >= 4 is 29.7 Å². The minimum atomic E-state index is -1.20. The average molecular weight is 456 g/mol. The lowest BCUT2D eigenvalue weighted by Gasteiger charge is -2.29. The molecule has 182 valence electrons. The van der Waals surface area contributed by atoms with Crippen LogP contribution in [0.15, 0.2) is 4.99 Å². The lowest BCUT2D eigenvalue weighted by molar-refractivity contribution is -0.143. The Morgan fingerprint density at radius 3 is 2.41 bits per heavy atom. The zero-order valence-electron chi connectivity index (χ0n) is 19.0. The van der Waals surface area contributed by atoms with Crippen LogP contribution in [0.25, 0.3) is 0 Å².